The number of benzene rings is 1. The average molecular weight is 382 g/mol. The van der Waals surface area contributed by atoms with Crippen LogP contribution >= 0.6 is 39.9 Å². The van der Waals surface area contributed by atoms with Crippen LogP contribution in [-0.2, 0) is 0 Å². The normalized spacial score (nSPS) is 18.6. The Kier molecular flexibility index (Phi) is 7.30. The van der Waals surface area contributed by atoms with Gasteiger partial charge in [-0.15, -0.1) is 12.4 Å². The zero-order valence-corrected chi connectivity index (χ0v) is 14.5. The Labute approximate surface area is 139 Å². The largest absolute Gasteiger partial charge is 0.338 e. The summed E-state index contributed by atoms with van der Waals surface area (Å²) in [5.74, 6) is 0.570. The van der Waals surface area contributed by atoms with Crippen LogP contribution in [0.2, 0.25) is 5.02 Å². The van der Waals surface area contributed by atoms with Crippen molar-refractivity contribution in [2.24, 2.45) is 5.92 Å². The van der Waals surface area contributed by atoms with Crippen molar-refractivity contribution in [3.05, 3.63) is 33.3 Å². The van der Waals surface area contributed by atoms with E-state index in [1.54, 1.807) is 6.07 Å². The topological polar surface area (TPSA) is 32.3 Å². The number of nitrogens with one attached hydrogen (secondary N) is 1. The van der Waals surface area contributed by atoms with Crippen LogP contribution in [0.3, 0.4) is 0 Å². The van der Waals surface area contributed by atoms with Gasteiger partial charge in [-0.3, -0.25) is 4.79 Å². The summed E-state index contributed by atoms with van der Waals surface area (Å²) in [6.07, 6.45) is 2.24. The lowest BCUT2D eigenvalue weighted by Crippen LogP contribution is -2.42. The van der Waals surface area contributed by atoms with E-state index < -0.39 is 0 Å². The Bertz CT molecular complexity index is 468. The molecule has 0 aliphatic carbocycles. The van der Waals surface area contributed by atoms with Crippen molar-refractivity contribution in [1.29, 1.82) is 0 Å². The third-order valence-corrected chi connectivity index (χ3v) is 4.78. The van der Waals surface area contributed by atoms with E-state index in [4.69, 9.17) is 11.6 Å². The number of piperidine rings is 1. The van der Waals surface area contributed by atoms with Crippen LogP contribution in [0.4, 0.5) is 0 Å². The maximum Gasteiger partial charge on any atom is 0.255 e. The molecule has 1 aliphatic rings. The van der Waals surface area contributed by atoms with Crippen LogP contribution < -0.4 is 5.32 Å². The summed E-state index contributed by atoms with van der Waals surface area (Å²) >= 11 is 9.56. The summed E-state index contributed by atoms with van der Waals surface area (Å²) in [5, 5.41) is 3.69. The van der Waals surface area contributed by atoms with E-state index >= 15 is 0 Å². The second-order valence-corrected chi connectivity index (χ2v) is 6.15. The molecule has 0 aromatic heterocycles. The number of hydrogen-bond donors (Lipinski definition) is 1. The quantitative estimate of drug-likeness (QED) is 0.867. The molecule has 2 rings (SSSR count). The van der Waals surface area contributed by atoms with Crippen molar-refractivity contribution in [1.82, 2.24) is 10.2 Å². The molecule has 1 fully saturated rings. The van der Waals surface area contributed by atoms with Gasteiger partial charge in [-0.05, 0) is 60.4 Å². The number of amides is 1. The lowest BCUT2D eigenvalue weighted by atomic mass is 9.97. The fourth-order valence-electron chi connectivity index (χ4n) is 2.54. The fraction of sp³-hybridized carbons (Fsp3) is 0.500. The van der Waals surface area contributed by atoms with E-state index in [0.717, 1.165) is 30.5 Å². The number of halogens is 3. The monoisotopic (exact) mass is 380 g/mol. The molecule has 1 aliphatic heterocycles. The first-order valence-corrected chi connectivity index (χ1v) is 7.68. The molecule has 0 radical (unpaired) electrons. The highest BCUT2D eigenvalue weighted by Crippen LogP contribution is 2.28. The minimum Gasteiger partial charge on any atom is -0.338 e. The molecule has 1 heterocycles. The molecule has 1 saturated heterocycles. The van der Waals surface area contributed by atoms with Crippen molar-refractivity contribution in [2.75, 3.05) is 26.7 Å². The van der Waals surface area contributed by atoms with E-state index in [-0.39, 0.29) is 18.3 Å². The summed E-state index contributed by atoms with van der Waals surface area (Å²) in [6, 6.07) is 5.48. The molecular weight excluding hydrogens is 363 g/mol. The van der Waals surface area contributed by atoms with Crippen LogP contribution in [0, 0.1) is 5.92 Å². The van der Waals surface area contributed by atoms with Crippen LogP contribution in [-0.4, -0.2) is 37.5 Å². The average Bonchev–Trinajstić information content (AvgIpc) is 2.42. The summed E-state index contributed by atoms with van der Waals surface area (Å²) < 4.78 is 0.767. The SMILES string of the molecule is CNCC1CCCN(C(=O)c2cccc(Br)c2Cl)C1.Cl. The minimum atomic E-state index is 0. The predicted octanol–water partition coefficient (Wildman–Crippen LogP) is 3.60. The highest BCUT2D eigenvalue weighted by molar-refractivity contribution is 9.10. The Hall–Kier alpha value is -0.290. The van der Waals surface area contributed by atoms with Gasteiger partial charge in [0.15, 0.2) is 0 Å². The lowest BCUT2D eigenvalue weighted by Gasteiger charge is -2.33. The number of nitrogens with zero attached hydrogens (tertiary/aromatic N) is 1. The zero-order chi connectivity index (χ0) is 13.8. The van der Waals surface area contributed by atoms with Crippen molar-refractivity contribution in [2.45, 2.75) is 12.8 Å². The van der Waals surface area contributed by atoms with Crippen LogP contribution in [0.5, 0.6) is 0 Å². The zero-order valence-electron chi connectivity index (χ0n) is 11.4. The standard InChI is InChI=1S/C14H18BrClN2O.ClH/c1-17-8-10-4-3-7-18(9-10)14(19)11-5-2-6-12(15)13(11)16;/h2,5-6,10,17H,3-4,7-9H2,1H3;1H. The van der Waals surface area contributed by atoms with Gasteiger partial charge < -0.3 is 10.2 Å². The summed E-state index contributed by atoms with van der Waals surface area (Å²) in [6.45, 7) is 2.58. The molecule has 0 saturated carbocycles. The third kappa shape index (κ3) is 4.10. The summed E-state index contributed by atoms with van der Waals surface area (Å²) in [5.41, 5.74) is 0.584. The Morgan fingerprint density at radius 2 is 2.30 bits per heavy atom. The van der Waals surface area contributed by atoms with Gasteiger partial charge in [0.25, 0.3) is 5.91 Å². The van der Waals surface area contributed by atoms with Crippen LogP contribution in [0.1, 0.15) is 23.2 Å². The molecule has 1 atom stereocenters. The van der Waals surface area contributed by atoms with Crippen LogP contribution in [0.25, 0.3) is 0 Å². The van der Waals surface area contributed by atoms with Crippen molar-refractivity contribution >= 4 is 45.8 Å². The molecule has 6 heteroatoms. The maximum absolute atomic E-state index is 12.5. The number of rotatable bonds is 3. The minimum absolute atomic E-state index is 0. The second kappa shape index (κ2) is 8.23. The van der Waals surface area contributed by atoms with Crippen molar-refractivity contribution in [3.8, 4) is 0 Å². The molecular formula is C14H19BrCl2N2O. The Balaban J connectivity index is 0.00000200. The van der Waals surface area contributed by atoms with Gasteiger partial charge in [-0.25, -0.2) is 0 Å². The molecule has 1 unspecified atom stereocenters. The van der Waals surface area contributed by atoms with Gasteiger partial charge in [0, 0.05) is 17.6 Å². The summed E-state index contributed by atoms with van der Waals surface area (Å²) in [4.78, 5) is 14.4. The lowest BCUT2D eigenvalue weighted by molar-refractivity contribution is 0.0674. The van der Waals surface area contributed by atoms with Gasteiger partial charge in [0.05, 0.1) is 10.6 Å². The molecule has 1 aromatic rings. The first-order chi connectivity index (χ1) is 9.13. The van der Waals surface area contributed by atoms with Gasteiger partial charge in [0.1, 0.15) is 0 Å². The summed E-state index contributed by atoms with van der Waals surface area (Å²) in [7, 11) is 1.95. The van der Waals surface area contributed by atoms with E-state index in [9.17, 15) is 4.79 Å². The van der Waals surface area contributed by atoms with Crippen LogP contribution in [0.15, 0.2) is 22.7 Å². The van der Waals surface area contributed by atoms with E-state index in [1.165, 1.54) is 6.42 Å². The highest BCUT2D eigenvalue weighted by Gasteiger charge is 2.25. The van der Waals surface area contributed by atoms with Gasteiger partial charge in [0.2, 0.25) is 0 Å². The van der Waals surface area contributed by atoms with Gasteiger partial charge in [-0.2, -0.15) is 0 Å². The highest BCUT2D eigenvalue weighted by atomic mass is 79.9. The molecule has 112 valence electrons. The Morgan fingerprint density at radius 3 is 3.00 bits per heavy atom. The molecule has 0 bridgehead atoms. The molecule has 1 N–H and O–H groups in total. The maximum atomic E-state index is 12.5. The molecule has 1 aromatic carbocycles. The number of likely N-dealkylation sites (tertiary alicyclic amines) is 1. The fourth-order valence-corrected chi connectivity index (χ4v) is 3.12. The number of carbonyl (C=O) groups excluding carboxylic acids is 1. The van der Waals surface area contributed by atoms with E-state index in [0.29, 0.717) is 16.5 Å². The molecule has 1 amide bonds. The molecule has 0 spiro atoms. The van der Waals surface area contributed by atoms with Crippen molar-refractivity contribution in [3.63, 3.8) is 0 Å². The van der Waals surface area contributed by atoms with Crippen molar-refractivity contribution < 1.29 is 4.79 Å². The first-order valence-electron chi connectivity index (χ1n) is 6.51. The smallest absolute Gasteiger partial charge is 0.255 e. The first kappa shape index (κ1) is 17.8. The second-order valence-electron chi connectivity index (χ2n) is 4.92. The predicted molar refractivity (Wildman–Crippen MR) is 89.0 cm³/mol. The molecule has 3 nitrogen and oxygen atoms in total. The van der Waals surface area contributed by atoms with E-state index in [2.05, 4.69) is 21.2 Å². The number of hydrogen-bond acceptors (Lipinski definition) is 2. The van der Waals surface area contributed by atoms with E-state index in [1.807, 2.05) is 24.1 Å². The van der Waals surface area contributed by atoms with Gasteiger partial charge in [-0.1, -0.05) is 17.7 Å². The third-order valence-electron chi connectivity index (χ3n) is 3.48. The number of carbonyl (C=O) groups is 1. The Morgan fingerprint density at radius 1 is 1.55 bits per heavy atom. The van der Waals surface area contributed by atoms with Gasteiger partial charge >= 0.3 is 0 Å². The molecule has 20 heavy (non-hydrogen) atoms.